The summed E-state index contributed by atoms with van der Waals surface area (Å²) in [5.41, 5.74) is 0.951. The molecular weight excluding hydrogens is 206 g/mol. The van der Waals surface area contributed by atoms with E-state index in [-0.39, 0.29) is 12.0 Å². The molecule has 1 atom stereocenters. The molecule has 0 amide bonds. The number of anilines is 1. The van der Waals surface area contributed by atoms with E-state index in [1.165, 1.54) is 7.11 Å². The maximum atomic E-state index is 11.5. The first-order chi connectivity index (χ1) is 7.77. The third-order valence-electron chi connectivity index (χ3n) is 2.89. The van der Waals surface area contributed by atoms with E-state index in [0.29, 0.717) is 0 Å². The van der Waals surface area contributed by atoms with E-state index in [2.05, 4.69) is 0 Å². The van der Waals surface area contributed by atoms with Gasteiger partial charge in [0.2, 0.25) is 0 Å². The monoisotopic (exact) mass is 221 g/mol. The Morgan fingerprint density at radius 3 is 2.69 bits per heavy atom. The highest BCUT2D eigenvalue weighted by atomic mass is 16.5. The number of ether oxygens (including phenoxy) is 2. The van der Waals surface area contributed by atoms with Crippen molar-refractivity contribution in [1.29, 1.82) is 0 Å². The lowest BCUT2D eigenvalue weighted by Crippen LogP contribution is -2.53. The van der Waals surface area contributed by atoms with Crippen LogP contribution in [0.25, 0.3) is 0 Å². The second kappa shape index (κ2) is 4.43. The van der Waals surface area contributed by atoms with E-state index in [1.807, 2.05) is 29.2 Å². The minimum absolute atomic E-state index is 0.165. The van der Waals surface area contributed by atoms with E-state index in [0.717, 1.165) is 24.4 Å². The standard InChI is InChI=1S/C12H15NO3/c1-15-11-6-4-3-5-9(11)13-8-7-10(13)12(14)16-2/h3-6,10H,7-8H2,1-2H3. The van der Waals surface area contributed by atoms with Gasteiger partial charge in [-0.15, -0.1) is 0 Å². The molecule has 0 saturated carbocycles. The molecule has 0 aliphatic carbocycles. The quantitative estimate of drug-likeness (QED) is 0.724. The summed E-state index contributed by atoms with van der Waals surface area (Å²) in [6, 6.07) is 7.52. The van der Waals surface area contributed by atoms with Gasteiger partial charge in [-0.2, -0.15) is 0 Å². The largest absolute Gasteiger partial charge is 0.495 e. The number of esters is 1. The molecule has 1 saturated heterocycles. The lowest BCUT2D eigenvalue weighted by atomic mass is 10.0. The first-order valence-corrected chi connectivity index (χ1v) is 5.25. The zero-order valence-corrected chi connectivity index (χ0v) is 9.47. The maximum absolute atomic E-state index is 11.5. The van der Waals surface area contributed by atoms with E-state index in [4.69, 9.17) is 9.47 Å². The summed E-state index contributed by atoms with van der Waals surface area (Å²) in [5, 5.41) is 0. The summed E-state index contributed by atoms with van der Waals surface area (Å²) in [4.78, 5) is 13.5. The summed E-state index contributed by atoms with van der Waals surface area (Å²) in [6.07, 6.45) is 0.838. The Morgan fingerprint density at radius 2 is 2.12 bits per heavy atom. The predicted molar refractivity (Wildman–Crippen MR) is 60.8 cm³/mol. The number of rotatable bonds is 3. The van der Waals surface area contributed by atoms with Gasteiger partial charge in [-0.1, -0.05) is 12.1 Å². The van der Waals surface area contributed by atoms with Gasteiger partial charge in [-0.05, 0) is 18.6 Å². The third-order valence-corrected chi connectivity index (χ3v) is 2.89. The Kier molecular flexibility index (Phi) is 2.99. The summed E-state index contributed by atoms with van der Waals surface area (Å²) < 4.78 is 10.0. The molecule has 1 aliphatic rings. The van der Waals surface area contributed by atoms with Gasteiger partial charge in [-0.25, -0.2) is 4.79 Å². The summed E-state index contributed by atoms with van der Waals surface area (Å²) in [6.45, 7) is 0.861. The average Bonchev–Trinajstić information content (AvgIpc) is 2.28. The van der Waals surface area contributed by atoms with Gasteiger partial charge in [0, 0.05) is 6.54 Å². The third kappa shape index (κ3) is 1.71. The summed E-state index contributed by atoms with van der Waals surface area (Å²) in [7, 11) is 3.05. The fraction of sp³-hybridized carbons (Fsp3) is 0.417. The van der Waals surface area contributed by atoms with E-state index in [1.54, 1.807) is 7.11 Å². The molecule has 0 spiro atoms. The summed E-state index contributed by atoms with van der Waals surface area (Å²) >= 11 is 0. The molecule has 0 N–H and O–H groups in total. The van der Waals surface area contributed by atoms with E-state index < -0.39 is 0 Å². The molecule has 1 fully saturated rings. The van der Waals surface area contributed by atoms with Gasteiger partial charge >= 0.3 is 5.97 Å². The molecule has 4 heteroatoms. The molecule has 0 aromatic heterocycles. The Hall–Kier alpha value is -1.71. The van der Waals surface area contributed by atoms with Crippen molar-refractivity contribution < 1.29 is 14.3 Å². The molecule has 2 rings (SSSR count). The Morgan fingerprint density at radius 1 is 1.38 bits per heavy atom. The minimum Gasteiger partial charge on any atom is -0.495 e. The van der Waals surface area contributed by atoms with Crippen LogP contribution < -0.4 is 9.64 Å². The molecule has 1 unspecified atom stereocenters. The van der Waals surface area contributed by atoms with Crippen LogP contribution in [0.3, 0.4) is 0 Å². The van der Waals surface area contributed by atoms with Crippen LogP contribution in [0.2, 0.25) is 0 Å². The molecule has 1 aromatic rings. The number of hydrogen-bond acceptors (Lipinski definition) is 4. The predicted octanol–water partition coefficient (Wildman–Crippen LogP) is 1.45. The number of para-hydroxylation sites is 2. The highest BCUT2D eigenvalue weighted by Gasteiger charge is 2.36. The summed E-state index contributed by atoms with van der Waals surface area (Å²) in [5.74, 6) is 0.605. The zero-order chi connectivity index (χ0) is 11.5. The van der Waals surface area contributed by atoms with Gasteiger partial charge in [0.05, 0.1) is 19.9 Å². The molecule has 16 heavy (non-hydrogen) atoms. The SMILES string of the molecule is COC(=O)C1CCN1c1ccccc1OC. The van der Waals surface area contributed by atoms with Crippen LogP contribution in [0, 0.1) is 0 Å². The van der Waals surface area contributed by atoms with Crippen LogP contribution in [0.4, 0.5) is 5.69 Å². The van der Waals surface area contributed by atoms with E-state index >= 15 is 0 Å². The van der Waals surface area contributed by atoms with Crippen molar-refractivity contribution in [3.05, 3.63) is 24.3 Å². The number of benzene rings is 1. The number of methoxy groups -OCH3 is 2. The van der Waals surface area contributed by atoms with Crippen LogP contribution in [0.15, 0.2) is 24.3 Å². The van der Waals surface area contributed by atoms with Crippen molar-refractivity contribution in [3.8, 4) is 5.75 Å². The van der Waals surface area contributed by atoms with Gasteiger partial charge in [0.1, 0.15) is 11.8 Å². The van der Waals surface area contributed by atoms with Crippen molar-refractivity contribution >= 4 is 11.7 Å². The van der Waals surface area contributed by atoms with Gasteiger partial charge < -0.3 is 14.4 Å². The number of carbonyl (C=O) groups excluding carboxylic acids is 1. The fourth-order valence-electron chi connectivity index (χ4n) is 1.92. The van der Waals surface area contributed by atoms with Gasteiger partial charge in [0.25, 0.3) is 0 Å². The van der Waals surface area contributed by atoms with Crippen LogP contribution in [-0.4, -0.2) is 32.8 Å². The van der Waals surface area contributed by atoms with Crippen LogP contribution in [-0.2, 0) is 9.53 Å². The zero-order valence-electron chi connectivity index (χ0n) is 9.47. The normalized spacial score (nSPS) is 18.9. The number of nitrogens with zero attached hydrogens (tertiary/aromatic N) is 1. The van der Waals surface area contributed by atoms with Crippen molar-refractivity contribution in [2.45, 2.75) is 12.5 Å². The van der Waals surface area contributed by atoms with Crippen LogP contribution in [0.1, 0.15) is 6.42 Å². The fourth-order valence-corrected chi connectivity index (χ4v) is 1.92. The molecule has 1 heterocycles. The topological polar surface area (TPSA) is 38.8 Å². The van der Waals surface area contributed by atoms with Crippen molar-refractivity contribution in [3.63, 3.8) is 0 Å². The molecule has 0 bridgehead atoms. The van der Waals surface area contributed by atoms with Gasteiger partial charge in [0.15, 0.2) is 0 Å². The smallest absolute Gasteiger partial charge is 0.328 e. The first-order valence-electron chi connectivity index (χ1n) is 5.25. The van der Waals surface area contributed by atoms with Crippen molar-refractivity contribution in [2.75, 3.05) is 25.7 Å². The van der Waals surface area contributed by atoms with Crippen LogP contribution >= 0.6 is 0 Å². The molecule has 1 aliphatic heterocycles. The second-order valence-corrected chi connectivity index (χ2v) is 3.69. The highest BCUT2D eigenvalue weighted by Crippen LogP contribution is 2.34. The minimum atomic E-state index is -0.183. The highest BCUT2D eigenvalue weighted by molar-refractivity contribution is 5.83. The maximum Gasteiger partial charge on any atom is 0.328 e. The first kappa shape index (κ1) is 10.8. The lowest BCUT2D eigenvalue weighted by molar-refractivity contribution is -0.143. The van der Waals surface area contributed by atoms with Crippen LogP contribution in [0.5, 0.6) is 5.75 Å². The van der Waals surface area contributed by atoms with Gasteiger partial charge in [-0.3, -0.25) is 0 Å². The molecular formula is C12H15NO3. The van der Waals surface area contributed by atoms with Crippen molar-refractivity contribution in [2.24, 2.45) is 0 Å². The lowest BCUT2D eigenvalue weighted by Gasteiger charge is -2.41. The number of hydrogen-bond donors (Lipinski definition) is 0. The van der Waals surface area contributed by atoms with Crippen molar-refractivity contribution in [1.82, 2.24) is 0 Å². The Bertz CT molecular complexity index is 392. The molecule has 1 aromatic carbocycles. The molecule has 86 valence electrons. The Labute approximate surface area is 94.8 Å². The number of carbonyl (C=O) groups is 1. The Balaban J connectivity index is 2.21. The van der Waals surface area contributed by atoms with E-state index in [9.17, 15) is 4.79 Å². The second-order valence-electron chi connectivity index (χ2n) is 3.69. The average molecular weight is 221 g/mol. The molecule has 4 nitrogen and oxygen atoms in total. The molecule has 0 radical (unpaired) electrons.